The van der Waals surface area contributed by atoms with E-state index in [0.717, 1.165) is 5.56 Å². The fourth-order valence-corrected chi connectivity index (χ4v) is 1.43. The standard InChI is InChI=1S/C12H17N3O2/c1-9(16)14-6-7-15-12(17)11-5-3-2-4-10(11)8-13/h2-5H,6-8,13H2,1H3,(H,14,16)(H,15,17). The molecule has 17 heavy (non-hydrogen) atoms. The Morgan fingerprint density at radius 3 is 2.47 bits per heavy atom. The first-order chi connectivity index (χ1) is 8.15. The van der Waals surface area contributed by atoms with E-state index < -0.39 is 0 Å². The Morgan fingerprint density at radius 2 is 1.82 bits per heavy atom. The first-order valence-electron chi connectivity index (χ1n) is 5.45. The van der Waals surface area contributed by atoms with E-state index in [2.05, 4.69) is 10.6 Å². The highest BCUT2D eigenvalue weighted by Gasteiger charge is 2.08. The van der Waals surface area contributed by atoms with Gasteiger partial charge in [0.25, 0.3) is 5.91 Å². The van der Waals surface area contributed by atoms with Gasteiger partial charge >= 0.3 is 0 Å². The van der Waals surface area contributed by atoms with E-state index in [4.69, 9.17) is 5.73 Å². The van der Waals surface area contributed by atoms with Gasteiger partial charge in [-0.3, -0.25) is 9.59 Å². The van der Waals surface area contributed by atoms with Gasteiger partial charge in [-0.1, -0.05) is 18.2 Å². The van der Waals surface area contributed by atoms with Crippen molar-refractivity contribution in [3.8, 4) is 0 Å². The van der Waals surface area contributed by atoms with E-state index in [1.165, 1.54) is 6.92 Å². The van der Waals surface area contributed by atoms with Crippen molar-refractivity contribution in [1.82, 2.24) is 10.6 Å². The lowest BCUT2D eigenvalue weighted by Crippen LogP contribution is -2.34. The molecule has 0 aliphatic carbocycles. The largest absolute Gasteiger partial charge is 0.355 e. The van der Waals surface area contributed by atoms with Crippen LogP contribution in [0.25, 0.3) is 0 Å². The van der Waals surface area contributed by atoms with Crippen molar-refractivity contribution in [2.45, 2.75) is 13.5 Å². The number of hydrogen-bond acceptors (Lipinski definition) is 3. The number of rotatable bonds is 5. The van der Waals surface area contributed by atoms with Gasteiger partial charge in [-0.05, 0) is 11.6 Å². The number of carbonyl (C=O) groups is 2. The molecular formula is C12H17N3O2. The molecule has 0 fully saturated rings. The minimum atomic E-state index is -0.170. The predicted octanol–water partition coefficient (Wildman–Crippen LogP) is 0.0112. The summed E-state index contributed by atoms with van der Waals surface area (Å²) >= 11 is 0. The fourth-order valence-electron chi connectivity index (χ4n) is 1.43. The Balaban J connectivity index is 2.49. The molecule has 0 heterocycles. The molecule has 0 aromatic heterocycles. The van der Waals surface area contributed by atoms with Gasteiger partial charge in [-0.25, -0.2) is 0 Å². The molecule has 1 rings (SSSR count). The van der Waals surface area contributed by atoms with Crippen LogP contribution >= 0.6 is 0 Å². The fraction of sp³-hybridized carbons (Fsp3) is 0.333. The topological polar surface area (TPSA) is 84.2 Å². The first-order valence-corrected chi connectivity index (χ1v) is 5.45. The van der Waals surface area contributed by atoms with Crippen molar-refractivity contribution in [3.05, 3.63) is 35.4 Å². The van der Waals surface area contributed by atoms with Crippen LogP contribution in [0.5, 0.6) is 0 Å². The van der Waals surface area contributed by atoms with Crippen LogP contribution in [0.2, 0.25) is 0 Å². The molecule has 0 aliphatic rings. The lowest BCUT2D eigenvalue weighted by molar-refractivity contribution is -0.118. The average molecular weight is 235 g/mol. The molecule has 5 heteroatoms. The van der Waals surface area contributed by atoms with E-state index in [-0.39, 0.29) is 11.8 Å². The highest BCUT2D eigenvalue weighted by atomic mass is 16.2. The number of benzene rings is 1. The van der Waals surface area contributed by atoms with Gasteiger partial charge < -0.3 is 16.4 Å². The molecule has 1 aromatic carbocycles. The Labute approximate surface area is 100 Å². The third kappa shape index (κ3) is 4.24. The Hall–Kier alpha value is -1.88. The quantitative estimate of drug-likeness (QED) is 0.629. The smallest absolute Gasteiger partial charge is 0.251 e. The minimum absolute atomic E-state index is 0.110. The Kier molecular flexibility index (Phi) is 5.16. The van der Waals surface area contributed by atoms with Gasteiger partial charge in [0.05, 0.1) is 0 Å². The summed E-state index contributed by atoms with van der Waals surface area (Å²) in [6.45, 7) is 2.59. The summed E-state index contributed by atoms with van der Waals surface area (Å²) in [6.07, 6.45) is 0. The molecule has 2 amide bonds. The van der Waals surface area contributed by atoms with Crippen molar-refractivity contribution in [3.63, 3.8) is 0 Å². The molecule has 0 atom stereocenters. The summed E-state index contributed by atoms with van der Waals surface area (Å²) in [5.74, 6) is -0.280. The number of nitrogens with two attached hydrogens (primary N) is 1. The van der Waals surface area contributed by atoms with Gasteiger partial charge in [-0.2, -0.15) is 0 Å². The summed E-state index contributed by atoms with van der Waals surface area (Å²) in [4.78, 5) is 22.4. The summed E-state index contributed by atoms with van der Waals surface area (Å²) in [5, 5.41) is 5.32. The first kappa shape index (κ1) is 13.2. The lowest BCUT2D eigenvalue weighted by Gasteiger charge is -2.08. The predicted molar refractivity (Wildman–Crippen MR) is 65.4 cm³/mol. The van der Waals surface area contributed by atoms with E-state index in [1.54, 1.807) is 12.1 Å². The van der Waals surface area contributed by atoms with Crippen molar-refractivity contribution in [2.75, 3.05) is 13.1 Å². The van der Waals surface area contributed by atoms with Gasteiger partial charge in [0.15, 0.2) is 0 Å². The zero-order valence-corrected chi connectivity index (χ0v) is 9.82. The zero-order valence-electron chi connectivity index (χ0n) is 9.82. The van der Waals surface area contributed by atoms with Gasteiger partial charge in [-0.15, -0.1) is 0 Å². The second kappa shape index (κ2) is 6.65. The second-order valence-electron chi connectivity index (χ2n) is 3.60. The van der Waals surface area contributed by atoms with E-state index in [0.29, 0.717) is 25.2 Å². The summed E-state index contributed by atoms with van der Waals surface area (Å²) in [5.41, 5.74) is 6.94. The molecule has 92 valence electrons. The summed E-state index contributed by atoms with van der Waals surface area (Å²) < 4.78 is 0. The van der Waals surface area contributed by atoms with Crippen LogP contribution in [-0.4, -0.2) is 24.9 Å². The maximum Gasteiger partial charge on any atom is 0.251 e. The monoisotopic (exact) mass is 235 g/mol. The summed E-state index contributed by atoms with van der Waals surface area (Å²) in [6, 6.07) is 7.19. The second-order valence-corrected chi connectivity index (χ2v) is 3.60. The van der Waals surface area contributed by atoms with Gasteiger partial charge in [0.2, 0.25) is 5.91 Å². The van der Waals surface area contributed by atoms with Crippen LogP contribution < -0.4 is 16.4 Å². The SMILES string of the molecule is CC(=O)NCCNC(=O)c1ccccc1CN. The highest BCUT2D eigenvalue weighted by Crippen LogP contribution is 2.07. The Bertz CT molecular complexity index is 404. The average Bonchev–Trinajstić information content (AvgIpc) is 2.34. The minimum Gasteiger partial charge on any atom is -0.355 e. The highest BCUT2D eigenvalue weighted by molar-refractivity contribution is 5.95. The third-order valence-electron chi connectivity index (χ3n) is 2.27. The summed E-state index contributed by atoms with van der Waals surface area (Å²) in [7, 11) is 0. The molecule has 0 aliphatic heterocycles. The molecule has 0 bridgehead atoms. The number of amides is 2. The van der Waals surface area contributed by atoms with E-state index >= 15 is 0 Å². The third-order valence-corrected chi connectivity index (χ3v) is 2.27. The molecule has 0 unspecified atom stereocenters. The number of nitrogens with one attached hydrogen (secondary N) is 2. The van der Waals surface area contributed by atoms with Crippen LogP contribution in [-0.2, 0) is 11.3 Å². The molecule has 5 nitrogen and oxygen atoms in total. The van der Waals surface area contributed by atoms with Crippen LogP contribution in [0.1, 0.15) is 22.8 Å². The Morgan fingerprint density at radius 1 is 1.18 bits per heavy atom. The zero-order chi connectivity index (χ0) is 12.7. The normalized spacial score (nSPS) is 9.76. The lowest BCUT2D eigenvalue weighted by atomic mass is 10.1. The number of hydrogen-bond donors (Lipinski definition) is 3. The molecular weight excluding hydrogens is 218 g/mol. The molecule has 1 aromatic rings. The van der Waals surface area contributed by atoms with Crippen LogP contribution in [0.15, 0.2) is 24.3 Å². The van der Waals surface area contributed by atoms with Crippen molar-refractivity contribution in [1.29, 1.82) is 0 Å². The molecule has 0 radical (unpaired) electrons. The van der Waals surface area contributed by atoms with Crippen molar-refractivity contribution in [2.24, 2.45) is 5.73 Å². The molecule has 0 saturated carbocycles. The van der Waals surface area contributed by atoms with E-state index in [1.807, 2.05) is 12.1 Å². The maximum absolute atomic E-state index is 11.8. The van der Waals surface area contributed by atoms with Gasteiger partial charge in [0.1, 0.15) is 0 Å². The van der Waals surface area contributed by atoms with Crippen molar-refractivity contribution >= 4 is 11.8 Å². The molecule has 0 spiro atoms. The van der Waals surface area contributed by atoms with Crippen LogP contribution in [0.4, 0.5) is 0 Å². The maximum atomic E-state index is 11.8. The van der Waals surface area contributed by atoms with Crippen LogP contribution in [0.3, 0.4) is 0 Å². The molecule has 4 N–H and O–H groups in total. The molecule has 0 saturated heterocycles. The van der Waals surface area contributed by atoms with Crippen LogP contribution in [0, 0.1) is 0 Å². The van der Waals surface area contributed by atoms with E-state index in [9.17, 15) is 9.59 Å². The van der Waals surface area contributed by atoms with Crippen molar-refractivity contribution < 1.29 is 9.59 Å². The van der Waals surface area contributed by atoms with Gasteiger partial charge in [0, 0.05) is 32.1 Å². The number of carbonyl (C=O) groups excluding carboxylic acids is 2.